The third kappa shape index (κ3) is 5.28. The second kappa shape index (κ2) is 11.2. The van der Waals surface area contributed by atoms with Crippen LogP contribution in [0.2, 0.25) is 0 Å². The highest BCUT2D eigenvalue weighted by Crippen LogP contribution is 2.50. The molecule has 2 atom stereocenters. The molecule has 1 aliphatic heterocycles. The minimum Gasteiger partial charge on any atom is -0.490 e. The predicted octanol–water partition coefficient (Wildman–Crippen LogP) is 6.64. The molecule has 13 heteroatoms. The topological polar surface area (TPSA) is 136 Å². The number of carbonyl (C=O) groups is 1. The van der Waals surface area contributed by atoms with Crippen molar-refractivity contribution >= 4 is 27.8 Å². The Balaban J connectivity index is 1.29. The molecule has 1 aliphatic carbocycles. The molecule has 1 fully saturated rings. The Labute approximate surface area is 282 Å². The summed E-state index contributed by atoms with van der Waals surface area (Å²) in [5.41, 5.74) is 2.47. The molecule has 9 nitrogen and oxygen atoms in total. The van der Waals surface area contributed by atoms with Crippen LogP contribution in [0.4, 0.5) is 17.6 Å². The van der Waals surface area contributed by atoms with E-state index in [0.29, 0.717) is 27.9 Å². The van der Waals surface area contributed by atoms with E-state index in [-0.39, 0.29) is 46.7 Å². The number of hydrogen-bond donors (Lipinski definition) is 3. The van der Waals surface area contributed by atoms with Gasteiger partial charge in [0.15, 0.2) is 0 Å². The number of aliphatic hydroxyl groups is 1. The number of aromatic amines is 1. The third-order valence-electron chi connectivity index (χ3n) is 9.35. The zero-order chi connectivity index (χ0) is 35.0. The number of halogens is 4. The van der Waals surface area contributed by atoms with Crippen LogP contribution in [0.15, 0.2) is 78.9 Å². The van der Waals surface area contributed by atoms with Crippen molar-refractivity contribution in [1.29, 1.82) is 0 Å². The number of ether oxygens (including phenoxy) is 2. The maximum Gasteiger partial charge on any atom is 0.423 e. The Bertz CT molecular complexity index is 2290. The number of benzene rings is 3. The minimum atomic E-state index is -5.23. The highest BCUT2D eigenvalue weighted by atomic mass is 19.4. The maximum atomic E-state index is 15.3. The van der Waals surface area contributed by atoms with Crippen LogP contribution in [0.1, 0.15) is 52.9 Å². The fraction of sp³-hybridized carbons (Fsp3) is 0.243. The van der Waals surface area contributed by atoms with Crippen LogP contribution in [0, 0.1) is 5.82 Å². The first-order valence-corrected chi connectivity index (χ1v) is 15.9. The number of amides is 1. The van der Waals surface area contributed by atoms with Crippen LogP contribution in [0.5, 0.6) is 11.5 Å². The number of carbonyl (C=O) groups excluding carboxylic acids is 1. The van der Waals surface area contributed by atoms with Gasteiger partial charge in [-0.05, 0) is 80.4 Å². The number of alkyl halides is 3. The minimum absolute atomic E-state index is 0.00517. The number of nitrogens with two attached hydrogens (primary N) is 1. The van der Waals surface area contributed by atoms with Crippen LogP contribution in [-0.4, -0.2) is 49.8 Å². The van der Waals surface area contributed by atoms with Crippen molar-refractivity contribution in [3.05, 3.63) is 113 Å². The van der Waals surface area contributed by atoms with E-state index in [4.69, 9.17) is 20.2 Å². The highest BCUT2D eigenvalue weighted by Gasteiger charge is 2.57. The van der Waals surface area contributed by atoms with E-state index >= 15 is 13.2 Å². The zero-order valence-corrected chi connectivity index (χ0v) is 26.5. The van der Waals surface area contributed by atoms with Gasteiger partial charge in [-0.15, -0.1) is 0 Å². The molecule has 3 aromatic heterocycles. The second-order valence-electron chi connectivity index (χ2n) is 13.0. The summed E-state index contributed by atoms with van der Waals surface area (Å²) >= 11 is 0. The fourth-order valence-corrected chi connectivity index (χ4v) is 6.35. The van der Waals surface area contributed by atoms with Gasteiger partial charge in [0.05, 0.1) is 28.2 Å². The van der Waals surface area contributed by atoms with Crippen LogP contribution >= 0.6 is 0 Å². The van der Waals surface area contributed by atoms with Gasteiger partial charge in [-0.2, -0.15) is 13.2 Å². The average molecular weight is 684 g/mol. The molecule has 0 spiro atoms. The van der Waals surface area contributed by atoms with Crippen LogP contribution in [-0.2, 0) is 17.4 Å². The van der Waals surface area contributed by atoms with Gasteiger partial charge in [-0.25, -0.2) is 19.3 Å². The summed E-state index contributed by atoms with van der Waals surface area (Å²) < 4.78 is 71.9. The molecule has 0 saturated heterocycles. The van der Waals surface area contributed by atoms with E-state index in [1.54, 1.807) is 6.92 Å². The summed E-state index contributed by atoms with van der Waals surface area (Å²) in [5, 5.41) is 12.3. The number of pyridine rings is 2. The van der Waals surface area contributed by atoms with Gasteiger partial charge in [0.25, 0.3) is 0 Å². The van der Waals surface area contributed by atoms with Crippen LogP contribution in [0.25, 0.3) is 33.2 Å². The van der Waals surface area contributed by atoms with E-state index in [9.17, 15) is 14.3 Å². The van der Waals surface area contributed by atoms with E-state index in [1.165, 1.54) is 54.6 Å². The van der Waals surface area contributed by atoms with Gasteiger partial charge < -0.3 is 25.3 Å². The number of primary amides is 1. The van der Waals surface area contributed by atoms with Crippen LogP contribution < -0.4 is 15.2 Å². The lowest BCUT2D eigenvalue weighted by molar-refractivity contribution is -0.268. The van der Waals surface area contributed by atoms with Crippen molar-refractivity contribution in [2.24, 2.45) is 5.73 Å². The molecule has 8 rings (SSSR count). The SMILES string of the molecule is C[C@]1(c2nc3ccccc3[nH]2)COc2c1cc([C@@](O)(Cc1ccc3cc(C(N)=O)cc(OC4CC4)c3n1)C(F)(F)F)nc2-c1ccc(F)cc1. The number of imidazole rings is 1. The van der Waals surface area contributed by atoms with Gasteiger partial charge in [0.2, 0.25) is 11.5 Å². The lowest BCUT2D eigenvalue weighted by Crippen LogP contribution is -2.45. The van der Waals surface area contributed by atoms with Gasteiger partial charge in [0, 0.05) is 34.2 Å². The number of nitrogens with one attached hydrogen (secondary N) is 1. The first-order chi connectivity index (χ1) is 23.8. The molecule has 4 N–H and O–H groups in total. The normalized spacial score (nSPS) is 18.5. The first-order valence-electron chi connectivity index (χ1n) is 15.9. The van der Waals surface area contributed by atoms with Gasteiger partial charge in [-0.3, -0.25) is 4.79 Å². The summed E-state index contributed by atoms with van der Waals surface area (Å²) in [6, 6.07) is 19.4. The Kier molecular flexibility index (Phi) is 7.12. The predicted molar refractivity (Wildman–Crippen MR) is 175 cm³/mol. The molecular formula is C37H29F4N5O4. The lowest BCUT2D eigenvalue weighted by atomic mass is 9.81. The standard InChI is InChI=1S/C37H29F4N5O4/c1-35(34-44-26-4-2-3-5-27(26)45-34)18-49-32-25(35)16-29(46-31(32)19-6-9-22(38)10-7-19)36(48,37(39,40)41)17-23-11-8-20-14-21(33(42)47)15-28(30(20)43-23)50-24-12-13-24/h2-11,14-16,24,48H,12-13,17-18H2,1H3,(H2,42,47)(H,44,45)/t35-,36-/m0/s1. The molecule has 6 aromatic rings. The molecule has 50 heavy (non-hydrogen) atoms. The van der Waals surface area contributed by atoms with E-state index in [2.05, 4.69) is 15.0 Å². The Morgan fingerprint density at radius 1 is 1.04 bits per heavy atom. The summed E-state index contributed by atoms with van der Waals surface area (Å²) in [4.78, 5) is 28.9. The summed E-state index contributed by atoms with van der Waals surface area (Å²) in [6.07, 6.45) is -4.78. The van der Waals surface area contributed by atoms with Gasteiger partial charge >= 0.3 is 6.18 Å². The van der Waals surface area contributed by atoms with Crippen molar-refractivity contribution < 1.29 is 36.9 Å². The van der Waals surface area contributed by atoms with E-state index in [0.717, 1.165) is 18.4 Å². The van der Waals surface area contributed by atoms with E-state index in [1.807, 2.05) is 24.3 Å². The molecule has 0 radical (unpaired) electrons. The van der Waals surface area contributed by atoms with Crippen LogP contribution in [0.3, 0.4) is 0 Å². The van der Waals surface area contributed by atoms with Crippen molar-refractivity contribution in [3.8, 4) is 22.8 Å². The number of rotatable bonds is 8. The summed E-state index contributed by atoms with van der Waals surface area (Å²) in [6.45, 7) is 1.79. The second-order valence-corrected chi connectivity index (χ2v) is 13.0. The highest BCUT2D eigenvalue weighted by molar-refractivity contribution is 5.99. The lowest BCUT2D eigenvalue weighted by Gasteiger charge is -2.31. The molecule has 254 valence electrons. The number of fused-ring (bicyclic) bond motifs is 3. The first kappa shape index (κ1) is 31.7. The van der Waals surface area contributed by atoms with Gasteiger partial charge in [-0.1, -0.05) is 18.2 Å². The number of hydrogen-bond acceptors (Lipinski definition) is 7. The van der Waals surface area contributed by atoms with Crippen molar-refractivity contribution in [2.75, 3.05) is 6.61 Å². The fourth-order valence-electron chi connectivity index (χ4n) is 6.35. The summed E-state index contributed by atoms with van der Waals surface area (Å²) in [5.74, 6) is -0.379. The molecule has 1 amide bonds. The quantitative estimate of drug-likeness (QED) is 0.153. The van der Waals surface area contributed by atoms with Crippen molar-refractivity contribution in [2.45, 2.75) is 49.5 Å². The Morgan fingerprint density at radius 3 is 2.50 bits per heavy atom. The molecule has 0 bridgehead atoms. The largest absolute Gasteiger partial charge is 0.490 e. The van der Waals surface area contributed by atoms with E-state index < -0.39 is 41.0 Å². The number of para-hydroxylation sites is 2. The van der Waals surface area contributed by atoms with Crippen molar-refractivity contribution in [1.82, 2.24) is 19.9 Å². The average Bonchev–Trinajstić information content (AvgIpc) is 3.68. The molecule has 4 heterocycles. The smallest absolute Gasteiger partial charge is 0.423 e. The molecule has 2 aliphatic rings. The number of aromatic nitrogens is 4. The number of H-pyrrole nitrogens is 1. The monoisotopic (exact) mass is 683 g/mol. The van der Waals surface area contributed by atoms with Gasteiger partial charge in [0.1, 0.15) is 41.0 Å². The number of nitrogens with zero attached hydrogens (tertiary/aromatic N) is 3. The molecule has 3 aromatic carbocycles. The summed E-state index contributed by atoms with van der Waals surface area (Å²) in [7, 11) is 0. The molecule has 0 unspecified atom stereocenters. The van der Waals surface area contributed by atoms with Crippen molar-refractivity contribution in [3.63, 3.8) is 0 Å². The Hall–Kier alpha value is -5.56. The zero-order valence-electron chi connectivity index (χ0n) is 26.5. The maximum absolute atomic E-state index is 15.3. The third-order valence-corrected chi connectivity index (χ3v) is 9.35. The molecular weight excluding hydrogens is 654 g/mol. The molecule has 1 saturated carbocycles. The Morgan fingerprint density at radius 2 is 1.80 bits per heavy atom.